The SMILES string of the molecule is Cc1[nH]c2cccc(OCC(CNC(C)(C)C)OC(=O)c3ccccc3)c2c1Cl. The topological polar surface area (TPSA) is 63.4 Å². The fourth-order valence-electron chi connectivity index (χ4n) is 2.96. The maximum atomic E-state index is 12.5. The Kier molecular flexibility index (Phi) is 6.50. The first-order chi connectivity index (χ1) is 13.7. The molecule has 6 heteroatoms. The molecule has 0 aliphatic rings. The van der Waals surface area contributed by atoms with Crippen molar-refractivity contribution in [3.63, 3.8) is 0 Å². The molecule has 0 saturated carbocycles. The lowest BCUT2D eigenvalue weighted by molar-refractivity contribution is 0.0163. The van der Waals surface area contributed by atoms with Crippen LogP contribution in [0.25, 0.3) is 10.9 Å². The number of rotatable bonds is 7. The van der Waals surface area contributed by atoms with Gasteiger partial charge in [0.05, 0.1) is 21.5 Å². The molecular formula is C23H27ClN2O3. The van der Waals surface area contributed by atoms with E-state index in [1.807, 2.05) is 43.3 Å². The van der Waals surface area contributed by atoms with Gasteiger partial charge in [-0.25, -0.2) is 4.79 Å². The van der Waals surface area contributed by atoms with Crippen molar-refractivity contribution >= 4 is 28.5 Å². The summed E-state index contributed by atoms with van der Waals surface area (Å²) in [6, 6.07) is 14.7. The van der Waals surface area contributed by atoms with Crippen molar-refractivity contribution in [3.05, 3.63) is 64.8 Å². The number of carbonyl (C=O) groups excluding carboxylic acids is 1. The van der Waals surface area contributed by atoms with Gasteiger partial charge in [0.15, 0.2) is 0 Å². The van der Waals surface area contributed by atoms with E-state index < -0.39 is 6.10 Å². The largest absolute Gasteiger partial charge is 0.489 e. The number of halogens is 1. The third-order valence-corrected chi connectivity index (χ3v) is 4.94. The van der Waals surface area contributed by atoms with E-state index in [4.69, 9.17) is 21.1 Å². The maximum Gasteiger partial charge on any atom is 0.338 e. The standard InChI is InChI=1S/C23H27ClN2O3/c1-15-21(24)20-18(26-15)11-8-12-19(20)28-14-17(13-25-23(2,3)4)29-22(27)16-9-6-5-7-10-16/h5-12,17,25-26H,13-14H2,1-4H3. The second kappa shape index (κ2) is 8.89. The van der Waals surface area contributed by atoms with Crippen LogP contribution in [-0.4, -0.2) is 35.7 Å². The predicted molar refractivity (Wildman–Crippen MR) is 117 cm³/mol. The summed E-state index contributed by atoms with van der Waals surface area (Å²) in [6.45, 7) is 8.79. The Morgan fingerprint density at radius 2 is 1.86 bits per heavy atom. The van der Waals surface area contributed by atoms with Gasteiger partial charge in [-0.1, -0.05) is 35.9 Å². The van der Waals surface area contributed by atoms with Gasteiger partial charge in [0, 0.05) is 17.8 Å². The van der Waals surface area contributed by atoms with Crippen molar-refractivity contribution in [2.75, 3.05) is 13.2 Å². The lowest BCUT2D eigenvalue weighted by Crippen LogP contribution is -2.44. The summed E-state index contributed by atoms with van der Waals surface area (Å²) in [5.74, 6) is 0.289. The van der Waals surface area contributed by atoms with E-state index in [0.717, 1.165) is 16.6 Å². The van der Waals surface area contributed by atoms with Gasteiger partial charge in [0.1, 0.15) is 18.5 Å². The summed E-state index contributed by atoms with van der Waals surface area (Å²) in [7, 11) is 0. The summed E-state index contributed by atoms with van der Waals surface area (Å²) in [4.78, 5) is 15.8. The van der Waals surface area contributed by atoms with Crippen LogP contribution in [0, 0.1) is 6.92 Å². The Hall–Kier alpha value is -2.50. The lowest BCUT2D eigenvalue weighted by Gasteiger charge is -2.25. The first-order valence-corrected chi connectivity index (χ1v) is 10.0. The average Bonchev–Trinajstić information content (AvgIpc) is 2.98. The summed E-state index contributed by atoms with van der Waals surface area (Å²) >= 11 is 6.44. The zero-order valence-corrected chi connectivity index (χ0v) is 18.0. The molecule has 1 unspecified atom stereocenters. The van der Waals surface area contributed by atoms with E-state index in [0.29, 0.717) is 22.9 Å². The zero-order valence-electron chi connectivity index (χ0n) is 17.2. The molecule has 0 spiro atoms. The van der Waals surface area contributed by atoms with Crippen LogP contribution >= 0.6 is 11.6 Å². The highest BCUT2D eigenvalue weighted by Crippen LogP contribution is 2.34. The van der Waals surface area contributed by atoms with Crippen LogP contribution in [-0.2, 0) is 4.74 Å². The molecule has 1 aromatic heterocycles. The van der Waals surface area contributed by atoms with Gasteiger partial charge in [0.25, 0.3) is 0 Å². The molecular weight excluding hydrogens is 388 g/mol. The highest BCUT2D eigenvalue weighted by Gasteiger charge is 2.21. The second-order valence-corrected chi connectivity index (χ2v) is 8.46. The van der Waals surface area contributed by atoms with Gasteiger partial charge in [-0.2, -0.15) is 0 Å². The Morgan fingerprint density at radius 3 is 2.55 bits per heavy atom. The van der Waals surface area contributed by atoms with Gasteiger partial charge in [-0.3, -0.25) is 0 Å². The van der Waals surface area contributed by atoms with Crippen molar-refractivity contribution in [2.45, 2.75) is 39.3 Å². The molecule has 0 radical (unpaired) electrons. The zero-order chi connectivity index (χ0) is 21.0. The highest BCUT2D eigenvalue weighted by molar-refractivity contribution is 6.37. The minimum atomic E-state index is -0.462. The minimum absolute atomic E-state index is 0.113. The van der Waals surface area contributed by atoms with Crippen molar-refractivity contribution in [2.24, 2.45) is 0 Å². The third-order valence-electron chi connectivity index (χ3n) is 4.47. The molecule has 2 N–H and O–H groups in total. The molecule has 3 rings (SSSR count). The fraction of sp³-hybridized carbons (Fsp3) is 0.348. The predicted octanol–water partition coefficient (Wildman–Crippen LogP) is 5.12. The summed E-state index contributed by atoms with van der Waals surface area (Å²) < 4.78 is 11.8. The molecule has 3 aromatic rings. The molecule has 0 bridgehead atoms. The van der Waals surface area contributed by atoms with Gasteiger partial charge in [-0.15, -0.1) is 0 Å². The first-order valence-electron chi connectivity index (χ1n) is 9.65. The van der Waals surface area contributed by atoms with E-state index in [2.05, 4.69) is 31.1 Å². The van der Waals surface area contributed by atoms with Crippen molar-refractivity contribution in [1.82, 2.24) is 10.3 Å². The molecule has 2 aromatic carbocycles. The van der Waals surface area contributed by atoms with Crippen molar-refractivity contribution < 1.29 is 14.3 Å². The summed E-state index contributed by atoms with van der Waals surface area (Å²) in [5, 5.41) is 4.85. The van der Waals surface area contributed by atoms with Gasteiger partial charge in [-0.05, 0) is 52.0 Å². The number of hydrogen-bond acceptors (Lipinski definition) is 4. The van der Waals surface area contributed by atoms with E-state index in [9.17, 15) is 4.79 Å². The summed E-state index contributed by atoms with van der Waals surface area (Å²) in [5.41, 5.74) is 2.20. The van der Waals surface area contributed by atoms with Crippen LogP contribution in [0.2, 0.25) is 5.02 Å². The fourth-order valence-corrected chi connectivity index (χ4v) is 3.20. The highest BCUT2D eigenvalue weighted by atomic mass is 35.5. The molecule has 0 amide bonds. The first kappa shape index (κ1) is 21.2. The number of nitrogens with one attached hydrogen (secondary N) is 2. The normalized spacial score (nSPS) is 12.7. The molecule has 0 aliphatic carbocycles. The van der Waals surface area contributed by atoms with Crippen LogP contribution < -0.4 is 10.1 Å². The van der Waals surface area contributed by atoms with Crippen molar-refractivity contribution in [3.8, 4) is 5.75 Å². The summed E-state index contributed by atoms with van der Waals surface area (Å²) in [6.07, 6.45) is -0.462. The monoisotopic (exact) mass is 414 g/mol. The second-order valence-electron chi connectivity index (χ2n) is 8.08. The average molecular weight is 415 g/mol. The number of benzene rings is 2. The molecule has 0 fully saturated rings. The van der Waals surface area contributed by atoms with E-state index in [1.165, 1.54) is 0 Å². The van der Waals surface area contributed by atoms with E-state index in [-0.39, 0.29) is 18.1 Å². The number of aromatic amines is 1. The quantitative estimate of drug-likeness (QED) is 0.526. The molecule has 154 valence electrons. The number of H-pyrrole nitrogens is 1. The van der Waals surface area contributed by atoms with Gasteiger partial charge < -0.3 is 19.8 Å². The lowest BCUT2D eigenvalue weighted by atomic mass is 10.1. The van der Waals surface area contributed by atoms with Crippen LogP contribution in [0.5, 0.6) is 5.75 Å². The minimum Gasteiger partial charge on any atom is -0.489 e. The Labute approximate surface area is 176 Å². The van der Waals surface area contributed by atoms with E-state index >= 15 is 0 Å². The van der Waals surface area contributed by atoms with Gasteiger partial charge in [0.2, 0.25) is 0 Å². The van der Waals surface area contributed by atoms with Crippen LogP contribution in [0.3, 0.4) is 0 Å². The number of aromatic nitrogens is 1. The van der Waals surface area contributed by atoms with Crippen molar-refractivity contribution in [1.29, 1.82) is 0 Å². The smallest absolute Gasteiger partial charge is 0.338 e. The van der Waals surface area contributed by atoms with E-state index in [1.54, 1.807) is 12.1 Å². The third kappa shape index (κ3) is 5.52. The molecule has 0 aliphatic heterocycles. The number of aryl methyl sites for hydroxylation is 1. The van der Waals surface area contributed by atoms with Crippen LogP contribution in [0.4, 0.5) is 0 Å². The Morgan fingerprint density at radius 1 is 1.14 bits per heavy atom. The number of ether oxygens (including phenoxy) is 2. The maximum absolute atomic E-state index is 12.5. The molecule has 29 heavy (non-hydrogen) atoms. The molecule has 5 nitrogen and oxygen atoms in total. The number of fused-ring (bicyclic) bond motifs is 1. The Bertz CT molecular complexity index is 977. The van der Waals surface area contributed by atoms with Crippen LogP contribution in [0.15, 0.2) is 48.5 Å². The molecule has 0 saturated heterocycles. The van der Waals surface area contributed by atoms with Gasteiger partial charge >= 0.3 is 5.97 Å². The molecule has 1 atom stereocenters. The number of carbonyl (C=O) groups is 1. The number of hydrogen-bond donors (Lipinski definition) is 2. The number of esters is 1. The van der Waals surface area contributed by atoms with Crippen LogP contribution in [0.1, 0.15) is 36.8 Å². The molecule has 1 heterocycles. The Balaban J connectivity index is 1.75.